The molecule has 3 rings (SSSR count). The highest BCUT2D eigenvalue weighted by atomic mass is 16.5. The molecule has 0 N–H and O–H groups in total. The number of carbonyl (C=O) groups excluding carboxylic acids is 1. The Morgan fingerprint density at radius 2 is 1.92 bits per heavy atom. The molecule has 0 saturated carbocycles. The summed E-state index contributed by atoms with van der Waals surface area (Å²) in [5, 5.41) is 0. The lowest BCUT2D eigenvalue weighted by Gasteiger charge is -2.29. The van der Waals surface area contributed by atoms with Gasteiger partial charge in [-0.2, -0.15) is 0 Å². The molecule has 0 bridgehead atoms. The van der Waals surface area contributed by atoms with Crippen LogP contribution in [0.4, 0.5) is 5.69 Å². The summed E-state index contributed by atoms with van der Waals surface area (Å²) in [5.74, 6) is 1.05. The molecule has 0 aromatic heterocycles. The maximum absolute atomic E-state index is 13.3. The summed E-state index contributed by atoms with van der Waals surface area (Å²) >= 11 is 0. The lowest BCUT2D eigenvalue weighted by atomic mass is 10.1. The second kappa shape index (κ2) is 7.36. The van der Waals surface area contributed by atoms with Crippen molar-refractivity contribution < 1.29 is 19.0 Å². The Kier molecular flexibility index (Phi) is 5.01. The third kappa shape index (κ3) is 3.21. The minimum absolute atomic E-state index is 0.0201. The lowest BCUT2D eigenvalue weighted by molar-refractivity contribution is 0.0968. The van der Waals surface area contributed by atoms with Gasteiger partial charge in [0, 0.05) is 18.4 Å². The van der Waals surface area contributed by atoms with Crippen LogP contribution in [-0.2, 0) is 4.74 Å². The van der Waals surface area contributed by atoms with Crippen molar-refractivity contribution in [1.29, 1.82) is 0 Å². The Morgan fingerprint density at radius 3 is 2.54 bits per heavy atom. The number of benzene rings is 2. The first-order valence-electron chi connectivity index (χ1n) is 7.93. The van der Waals surface area contributed by atoms with Gasteiger partial charge in [-0.1, -0.05) is 18.2 Å². The van der Waals surface area contributed by atoms with Gasteiger partial charge in [0.1, 0.15) is 11.5 Å². The van der Waals surface area contributed by atoms with Gasteiger partial charge >= 0.3 is 0 Å². The quantitative estimate of drug-likeness (QED) is 0.846. The molecule has 1 atom stereocenters. The number of para-hydroxylation sites is 1. The zero-order chi connectivity index (χ0) is 16.9. The van der Waals surface area contributed by atoms with Crippen molar-refractivity contribution in [3.63, 3.8) is 0 Å². The molecule has 0 spiro atoms. The zero-order valence-electron chi connectivity index (χ0n) is 13.9. The smallest absolute Gasteiger partial charge is 0.262 e. The highest BCUT2D eigenvalue weighted by Crippen LogP contribution is 2.30. The number of hydrogen-bond donors (Lipinski definition) is 0. The van der Waals surface area contributed by atoms with Crippen LogP contribution in [0.5, 0.6) is 11.5 Å². The molecule has 2 aromatic carbocycles. The standard InChI is InChI=1S/C19H21NO4/c1-22-16-8-9-17(18(12-16)23-2)19(21)20(15-10-11-24-13-15)14-6-4-3-5-7-14/h3-9,12,15H,10-11,13H2,1-2H3. The third-order valence-corrected chi connectivity index (χ3v) is 4.16. The third-order valence-electron chi connectivity index (χ3n) is 4.16. The van der Waals surface area contributed by atoms with Crippen LogP contribution in [0, 0.1) is 0 Å². The number of ether oxygens (including phenoxy) is 3. The van der Waals surface area contributed by atoms with Gasteiger partial charge in [0.2, 0.25) is 0 Å². The van der Waals surface area contributed by atoms with Crippen molar-refractivity contribution in [3.8, 4) is 11.5 Å². The Hall–Kier alpha value is -2.53. The first-order valence-corrected chi connectivity index (χ1v) is 7.93. The summed E-state index contributed by atoms with van der Waals surface area (Å²) in [6, 6.07) is 14.9. The summed E-state index contributed by atoms with van der Waals surface area (Å²) in [6.07, 6.45) is 0.819. The topological polar surface area (TPSA) is 48.0 Å². The fourth-order valence-corrected chi connectivity index (χ4v) is 2.91. The molecule has 1 fully saturated rings. The van der Waals surface area contributed by atoms with Crippen LogP contribution in [0.2, 0.25) is 0 Å². The van der Waals surface area contributed by atoms with Crippen molar-refractivity contribution >= 4 is 11.6 Å². The Balaban J connectivity index is 2.00. The van der Waals surface area contributed by atoms with Crippen molar-refractivity contribution in [2.45, 2.75) is 12.5 Å². The molecule has 5 heteroatoms. The maximum Gasteiger partial charge on any atom is 0.262 e. The van der Waals surface area contributed by atoms with E-state index in [0.717, 1.165) is 12.1 Å². The van der Waals surface area contributed by atoms with Crippen LogP contribution < -0.4 is 14.4 Å². The van der Waals surface area contributed by atoms with Crippen molar-refractivity contribution in [2.75, 3.05) is 32.3 Å². The first-order chi connectivity index (χ1) is 11.7. The van der Waals surface area contributed by atoms with E-state index in [1.807, 2.05) is 30.3 Å². The molecular weight excluding hydrogens is 306 g/mol. The molecule has 24 heavy (non-hydrogen) atoms. The van der Waals surface area contributed by atoms with Gasteiger partial charge in [0.05, 0.1) is 32.4 Å². The average molecular weight is 327 g/mol. The molecule has 1 saturated heterocycles. The summed E-state index contributed by atoms with van der Waals surface area (Å²) in [4.78, 5) is 15.1. The van der Waals surface area contributed by atoms with E-state index >= 15 is 0 Å². The SMILES string of the molecule is COc1ccc(C(=O)N(c2ccccc2)C2CCOC2)c(OC)c1. The Bertz CT molecular complexity index is 696. The second-order valence-corrected chi connectivity index (χ2v) is 5.59. The van der Waals surface area contributed by atoms with Gasteiger partial charge in [-0.25, -0.2) is 0 Å². The fraction of sp³-hybridized carbons (Fsp3) is 0.316. The number of nitrogens with zero attached hydrogens (tertiary/aromatic N) is 1. The number of anilines is 1. The number of amides is 1. The van der Waals surface area contributed by atoms with Gasteiger partial charge in [-0.3, -0.25) is 4.79 Å². The Morgan fingerprint density at radius 1 is 1.12 bits per heavy atom. The van der Waals surface area contributed by atoms with Crippen LogP contribution in [0.1, 0.15) is 16.8 Å². The number of hydrogen-bond acceptors (Lipinski definition) is 4. The normalized spacial score (nSPS) is 16.7. The van der Waals surface area contributed by atoms with E-state index in [-0.39, 0.29) is 11.9 Å². The van der Waals surface area contributed by atoms with Crippen LogP contribution in [0.15, 0.2) is 48.5 Å². The van der Waals surface area contributed by atoms with Gasteiger partial charge in [-0.15, -0.1) is 0 Å². The number of methoxy groups -OCH3 is 2. The average Bonchev–Trinajstić information content (AvgIpc) is 3.16. The van der Waals surface area contributed by atoms with Crippen molar-refractivity contribution in [1.82, 2.24) is 0 Å². The van der Waals surface area contributed by atoms with E-state index in [9.17, 15) is 4.79 Å². The summed E-state index contributed by atoms with van der Waals surface area (Å²) in [6.45, 7) is 1.21. The van der Waals surface area contributed by atoms with E-state index in [2.05, 4.69) is 0 Å². The Labute approximate surface area is 141 Å². The minimum Gasteiger partial charge on any atom is -0.497 e. The highest BCUT2D eigenvalue weighted by Gasteiger charge is 2.31. The summed E-state index contributed by atoms with van der Waals surface area (Å²) in [7, 11) is 3.14. The number of carbonyl (C=O) groups is 1. The first kappa shape index (κ1) is 16.3. The molecule has 1 aliphatic heterocycles. The molecular formula is C19H21NO4. The van der Waals surface area contributed by atoms with Crippen LogP contribution in [0.25, 0.3) is 0 Å². The highest BCUT2D eigenvalue weighted by molar-refractivity contribution is 6.08. The van der Waals surface area contributed by atoms with Crippen LogP contribution >= 0.6 is 0 Å². The molecule has 1 unspecified atom stereocenters. The monoisotopic (exact) mass is 327 g/mol. The molecule has 5 nitrogen and oxygen atoms in total. The van der Waals surface area contributed by atoms with Gasteiger partial charge in [0.15, 0.2) is 0 Å². The fourth-order valence-electron chi connectivity index (χ4n) is 2.91. The zero-order valence-corrected chi connectivity index (χ0v) is 13.9. The van der Waals surface area contributed by atoms with Crippen LogP contribution in [-0.4, -0.2) is 39.4 Å². The largest absolute Gasteiger partial charge is 0.497 e. The predicted molar refractivity (Wildman–Crippen MR) is 92.0 cm³/mol. The van der Waals surface area contributed by atoms with E-state index in [0.29, 0.717) is 30.3 Å². The molecule has 2 aromatic rings. The molecule has 1 amide bonds. The molecule has 1 heterocycles. The van der Waals surface area contributed by atoms with E-state index < -0.39 is 0 Å². The van der Waals surface area contributed by atoms with Gasteiger partial charge in [-0.05, 0) is 30.7 Å². The van der Waals surface area contributed by atoms with Crippen molar-refractivity contribution in [3.05, 3.63) is 54.1 Å². The van der Waals surface area contributed by atoms with Gasteiger partial charge < -0.3 is 19.1 Å². The van der Waals surface area contributed by atoms with E-state index in [1.165, 1.54) is 0 Å². The molecule has 0 radical (unpaired) electrons. The second-order valence-electron chi connectivity index (χ2n) is 5.59. The molecule has 126 valence electrons. The number of rotatable bonds is 5. The summed E-state index contributed by atoms with van der Waals surface area (Å²) < 4.78 is 16.1. The molecule has 0 aliphatic carbocycles. The lowest BCUT2D eigenvalue weighted by Crippen LogP contribution is -2.41. The summed E-state index contributed by atoms with van der Waals surface area (Å²) in [5.41, 5.74) is 1.37. The minimum atomic E-state index is -0.101. The van der Waals surface area contributed by atoms with Crippen LogP contribution in [0.3, 0.4) is 0 Å². The maximum atomic E-state index is 13.3. The predicted octanol–water partition coefficient (Wildman–Crippen LogP) is 3.14. The van der Waals surface area contributed by atoms with E-state index in [1.54, 1.807) is 37.3 Å². The van der Waals surface area contributed by atoms with Crippen molar-refractivity contribution in [2.24, 2.45) is 0 Å². The van der Waals surface area contributed by atoms with Gasteiger partial charge in [0.25, 0.3) is 5.91 Å². The van der Waals surface area contributed by atoms with E-state index in [4.69, 9.17) is 14.2 Å². The molecule has 1 aliphatic rings.